The standard InChI is InChI=1S/C4Cl4F2O/c5-1-2(6)4(8,10)11-3(1,7)9/t3-,4+. The minimum atomic E-state index is -2.96. The van der Waals surface area contributed by atoms with E-state index in [0.29, 0.717) is 0 Å². The Hall–Kier alpha value is 0.720. The van der Waals surface area contributed by atoms with E-state index >= 15 is 0 Å². The largest absolute Gasteiger partial charge is 0.329 e. The van der Waals surface area contributed by atoms with Crippen molar-refractivity contribution in [3.05, 3.63) is 10.1 Å². The van der Waals surface area contributed by atoms with Crippen molar-refractivity contribution in [3.8, 4) is 0 Å². The third-order valence-corrected chi connectivity index (χ3v) is 2.65. The number of rotatable bonds is 0. The Kier molecular flexibility index (Phi) is 2.32. The molecular formula is C4Cl4F2O. The van der Waals surface area contributed by atoms with Gasteiger partial charge in [-0.25, -0.2) is 0 Å². The highest BCUT2D eigenvalue weighted by Gasteiger charge is 2.55. The van der Waals surface area contributed by atoms with Crippen molar-refractivity contribution in [3.63, 3.8) is 0 Å². The van der Waals surface area contributed by atoms with Gasteiger partial charge in [0, 0.05) is 0 Å². The summed E-state index contributed by atoms with van der Waals surface area (Å²) in [6, 6.07) is 0. The predicted molar refractivity (Wildman–Crippen MR) is 39.2 cm³/mol. The van der Waals surface area contributed by atoms with E-state index in [9.17, 15) is 8.78 Å². The highest BCUT2D eigenvalue weighted by atomic mass is 35.5. The lowest BCUT2D eigenvalue weighted by atomic mass is 10.5. The molecule has 0 spiro atoms. The van der Waals surface area contributed by atoms with Crippen LogP contribution in [-0.2, 0) is 4.74 Å². The molecule has 64 valence electrons. The van der Waals surface area contributed by atoms with E-state index in [0.717, 1.165) is 0 Å². The van der Waals surface area contributed by atoms with Gasteiger partial charge in [0.15, 0.2) is 0 Å². The Morgan fingerprint density at radius 1 is 1.00 bits per heavy atom. The summed E-state index contributed by atoms with van der Waals surface area (Å²) in [6.45, 7) is 0. The molecule has 0 amide bonds. The van der Waals surface area contributed by atoms with Crippen molar-refractivity contribution in [2.75, 3.05) is 0 Å². The first-order chi connectivity index (χ1) is 4.77. The van der Waals surface area contributed by atoms with Crippen LogP contribution in [0, 0.1) is 0 Å². The van der Waals surface area contributed by atoms with Crippen LogP contribution in [0.3, 0.4) is 0 Å². The van der Waals surface area contributed by atoms with Crippen LogP contribution in [0.15, 0.2) is 10.1 Å². The molecular weight excluding hydrogens is 244 g/mol. The van der Waals surface area contributed by atoms with Gasteiger partial charge in [0.1, 0.15) is 10.1 Å². The zero-order chi connectivity index (χ0) is 8.86. The summed E-state index contributed by atoms with van der Waals surface area (Å²) in [5.41, 5.74) is 0. The minimum absolute atomic E-state index is 0.793. The molecule has 1 aliphatic heterocycles. The molecule has 0 bridgehead atoms. The lowest BCUT2D eigenvalue weighted by Crippen LogP contribution is -2.22. The first-order valence-corrected chi connectivity index (χ1v) is 3.80. The first kappa shape index (κ1) is 9.81. The molecule has 0 saturated heterocycles. The van der Waals surface area contributed by atoms with Crippen molar-refractivity contribution in [1.82, 2.24) is 0 Å². The first-order valence-electron chi connectivity index (χ1n) is 2.29. The van der Waals surface area contributed by atoms with E-state index in [1.807, 2.05) is 0 Å². The van der Waals surface area contributed by atoms with Gasteiger partial charge in [-0.05, 0) is 23.2 Å². The number of ether oxygens (including phenoxy) is 1. The predicted octanol–water partition coefficient (Wildman–Crippen LogP) is 3.43. The van der Waals surface area contributed by atoms with Crippen molar-refractivity contribution < 1.29 is 13.5 Å². The van der Waals surface area contributed by atoms with Crippen LogP contribution < -0.4 is 0 Å². The maximum Gasteiger partial charge on any atom is 0.329 e. The Morgan fingerprint density at radius 3 is 1.36 bits per heavy atom. The maximum absolute atomic E-state index is 12.7. The van der Waals surface area contributed by atoms with Gasteiger partial charge in [0.05, 0.1) is 0 Å². The van der Waals surface area contributed by atoms with Crippen LogP contribution >= 0.6 is 46.4 Å². The third-order valence-electron chi connectivity index (χ3n) is 0.960. The summed E-state index contributed by atoms with van der Waals surface area (Å²) < 4.78 is 29.2. The Bertz CT molecular complexity index is 202. The summed E-state index contributed by atoms with van der Waals surface area (Å²) in [5.74, 6) is 0. The molecule has 1 rings (SSSR count). The second-order valence-corrected chi connectivity index (χ2v) is 3.49. The topological polar surface area (TPSA) is 9.23 Å². The Balaban J connectivity index is 3.09. The molecule has 0 aromatic carbocycles. The molecule has 1 nitrogen and oxygen atoms in total. The van der Waals surface area contributed by atoms with Crippen molar-refractivity contribution in [2.45, 2.75) is 10.6 Å². The Morgan fingerprint density at radius 2 is 1.27 bits per heavy atom. The molecule has 0 N–H and O–H groups in total. The summed E-state index contributed by atoms with van der Waals surface area (Å²) in [5, 5.41) is -7.51. The normalized spacial score (nSPS) is 45.3. The van der Waals surface area contributed by atoms with Crippen LogP contribution in [0.5, 0.6) is 0 Å². The monoisotopic (exact) mass is 242 g/mol. The zero-order valence-corrected chi connectivity index (χ0v) is 7.70. The van der Waals surface area contributed by atoms with Crippen LogP contribution in [-0.4, -0.2) is 10.6 Å². The van der Waals surface area contributed by atoms with E-state index in [4.69, 9.17) is 46.4 Å². The molecule has 1 aliphatic rings. The molecule has 0 aromatic heterocycles. The summed E-state index contributed by atoms with van der Waals surface area (Å²) in [7, 11) is 0. The van der Waals surface area contributed by atoms with Crippen molar-refractivity contribution in [1.29, 1.82) is 0 Å². The second kappa shape index (κ2) is 2.60. The number of hydrogen-bond donors (Lipinski definition) is 0. The van der Waals surface area contributed by atoms with Gasteiger partial charge in [-0.3, -0.25) is 4.74 Å². The smallest absolute Gasteiger partial charge is 0.274 e. The van der Waals surface area contributed by atoms with Gasteiger partial charge in [0.25, 0.3) is 0 Å². The van der Waals surface area contributed by atoms with Crippen LogP contribution in [0.1, 0.15) is 0 Å². The summed E-state index contributed by atoms with van der Waals surface area (Å²) in [6.07, 6.45) is 0. The zero-order valence-electron chi connectivity index (χ0n) is 4.68. The van der Waals surface area contributed by atoms with Crippen molar-refractivity contribution >= 4 is 46.4 Å². The highest BCUT2D eigenvalue weighted by Crippen LogP contribution is 2.52. The molecule has 0 unspecified atom stereocenters. The number of alkyl halides is 4. The van der Waals surface area contributed by atoms with Crippen LogP contribution in [0.2, 0.25) is 0 Å². The molecule has 0 saturated carbocycles. The van der Waals surface area contributed by atoms with Gasteiger partial charge < -0.3 is 0 Å². The fraction of sp³-hybridized carbons (Fsp3) is 0.500. The molecule has 2 atom stereocenters. The maximum atomic E-state index is 12.7. The quantitative estimate of drug-likeness (QED) is 0.593. The second-order valence-electron chi connectivity index (χ2n) is 1.76. The third kappa shape index (κ3) is 1.58. The number of halogens is 6. The molecule has 0 aliphatic carbocycles. The van der Waals surface area contributed by atoms with Crippen LogP contribution in [0.25, 0.3) is 0 Å². The molecule has 0 radical (unpaired) electrons. The average molecular weight is 244 g/mol. The van der Waals surface area contributed by atoms with Gasteiger partial charge >= 0.3 is 10.6 Å². The van der Waals surface area contributed by atoms with E-state index < -0.39 is 20.7 Å². The van der Waals surface area contributed by atoms with Gasteiger partial charge in [0.2, 0.25) is 0 Å². The summed E-state index contributed by atoms with van der Waals surface area (Å²) in [4.78, 5) is 0. The molecule has 7 heteroatoms. The van der Waals surface area contributed by atoms with E-state index in [-0.39, 0.29) is 0 Å². The fourth-order valence-electron chi connectivity index (χ4n) is 0.506. The Labute approximate surface area is 80.8 Å². The van der Waals surface area contributed by atoms with Gasteiger partial charge in [-0.2, -0.15) is 8.78 Å². The van der Waals surface area contributed by atoms with Crippen molar-refractivity contribution in [2.24, 2.45) is 0 Å². The summed E-state index contributed by atoms with van der Waals surface area (Å²) >= 11 is 20.1. The molecule has 1 heterocycles. The average Bonchev–Trinajstić information content (AvgIpc) is 1.91. The van der Waals surface area contributed by atoms with Crippen LogP contribution in [0.4, 0.5) is 8.78 Å². The molecule has 0 fully saturated rings. The SMILES string of the molecule is F[C@]1(Cl)O[C@@](F)(Cl)C(Cl)=C1Cl. The molecule has 0 aromatic rings. The fourth-order valence-corrected chi connectivity index (χ4v) is 1.36. The van der Waals surface area contributed by atoms with E-state index in [1.54, 1.807) is 0 Å². The van der Waals surface area contributed by atoms with E-state index in [2.05, 4.69) is 4.74 Å². The highest BCUT2D eigenvalue weighted by molar-refractivity contribution is 6.48. The van der Waals surface area contributed by atoms with E-state index in [1.165, 1.54) is 0 Å². The molecule has 11 heavy (non-hydrogen) atoms. The minimum Gasteiger partial charge on any atom is -0.274 e. The van der Waals surface area contributed by atoms with Gasteiger partial charge in [-0.1, -0.05) is 23.2 Å². The number of hydrogen-bond acceptors (Lipinski definition) is 1. The lowest BCUT2D eigenvalue weighted by Gasteiger charge is -2.14. The lowest BCUT2D eigenvalue weighted by molar-refractivity contribution is -0.128. The van der Waals surface area contributed by atoms with Gasteiger partial charge in [-0.15, -0.1) is 0 Å².